The smallest absolute Gasteiger partial charge is 0.243 e. The van der Waals surface area contributed by atoms with E-state index in [1.807, 2.05) is 31.0 Å². The van der Waals surface area contributed by atoms with Crippen LogP contribution in [0.3, 0.4) is 0 Å². The Morgan fingerprint density at radius 2 is 1.90 bits per heavy atom. The van der Waals surface area contributed by atoms with Gasteiger partial charge in [0.1, 0.15) is 18.2 Å². The molecule has 0 saturated carbocycles. The normalized spacial score (nSPS) is 15.1. The summed E-state index contributed by atoms with van der Waals surface area (Å²) in [6, 6.07) is 11.8. The number of pyridine rings is 1. The van der Waals surface area contributed by atoms with Gasteiger partial charge in [0, 0.05) is 25.3 Å². The minimum absolute atomic E-state index is 0.154. The van der Waals surface area contributed by atoms with Crippen LogP contribution in [-0.2, 0) is 19.6 Å². The number of carbonyl (C=O) groups excluding carboxylic acids is 1. The van der Waals surface area contributed by atoms with Gasteiger partial charge in [0.25, 0.3) is 0 Å². The number of aryl methyl sites for hydroxylation is 1. The van der Waals surface area contributed by atoms with Crippen LogP contribution in [0.5, 0.6) is 5.75 Å². The molecule has 2 aromatic rings. The number of ether oxygens (including phenoxy) is 2. The number of nitrogens with one attached hydrogen (secondary N) is 1. The summed E-state index contributed by atoms with van der Waals surface area (Å²) in [5.41, 5.74) is 0.836. The van der Waals surface area contributed by atoms with Crippen molar-refractivity contribution in [2.24, 2.45) is 0 Å². The third-order valence-corrected chi connectivity index (χ3v) is 6.66. The lowest BCUT2D eigenvalue weighted by molar-refractivity contribution is -0.117. The molecule has 31 heavy (non-hydrogen) atoms. The van der Waals surface area contributed by atoms with Crippen molar-refractivity contribution in [1.29, 1.82) is 0 Å². The molecule has 1 N–H and O–H groups in total. The van der Waals surface area contributed by atoms with Gasteiger partial charge in [0.15, 0.2) is 0 Å². The molecule has 10 heteroatoms. The topological polar surface area (TPSA) is 101 Å². The number of rotatable bonds is 9. The summed E-state index contributed by atoms with van der Waals surface area (Å²) in [6.07, 6.45) is 0. The molecule has 1 saturated heterocycles. The van der Waals surface area contributed by atoms with Crippen molar-refractivity contribution < 1.29 is 22.7 Å². The van der Waals surface area contributed by atoms with Crippen molar-refractivity contribution in [3.8, 4) is 5.75 Å². The number of carbonyl (C=O) groups is 1. The fourth-order valence-corrected chi connectivity index (χ4v) is 4.49. The van der Waals surface area contributed by atoms with E-state index < -0.39 is 10.0 Å². The molecule has 1 aromatic heterocycles. The van der Waals surface area contributed by atoms with E-state index in [1.54, 1.807) is 30.3 Å². The molecule has 0 atom stereocenters. The SMILES string of the molecule is Cc1cccc(NC(=O)CN(C)CCOc2ccc(S(=O)(=O)N3CCOCC3)cc2)n1. The van der Waals surface area contributed by atoms with Crippen LogP contribution in [0.25, 0.3) is 0 Å². The number of sulfonamides is 1. The Morgan fingerprint density at radius 3 is 2.58 bits per heavy atom. The molecule has 0 radical (unpaired) electrons. The molecule has 0 aliphatic carbocycles. The van der Waals surface area contributed by atoms with Crippen molar-refractivity contribution in [1.82, 2.24) is 14.2 Å². The van der Waals surface area contributed by atoms with Crippen LogP contribution in [0.2, 0.25) is 0 Å². The zero-order valence-electron chi connectivity index (χ0n) is 17.8. The predicted molar refractivity (Wildman–Crippen MR) is 117 cm³/mol. The van der Waals surface area contributed by atoms with Crippen molar-refractivity contribution >= 4 is 21.7 Å². The Bertz CT molecular complexity index is 976. The highest BCUT2D eigenvalue weighted by Crippen LogP contribution is 2.20. The number of benzene rings is 1. The number of morpholine rings is 1. The van der Waals surface area contributed by atoms with E-state index >= 15 is 0 Å². The van der Waals surface area contributed by atoms with Gasteiger partial charge in [-0.15, -0.1) is 0 Å². The first-order chi connectivity index (χ1) is 14.8. The van der Waals surface area contributed by atoms with Gasteiger partial charge in [-0.05, 0) is 50.4 Å². The van der Waals surface area contributed by atoms with Gasteiger partial charge in [0.05, 0.1) is 24.7 Å². The van der Waals surface area contributed by atoms with Crippen LogP contribution in [0.1, 0.15) is 5.69 Å². The van der Waals surface area contributed by atoms with E-state index in [0.717, 1.165) is 5.69 Å². The number of hydrogen-bond donors (Lipinski definition) is 1. The van der Waals surface area contributed by atoms with Crippen molar-refractivity contribution in [2.75, 3.05) is 58.4 Å². The fraction of sp³-hybridized carbons (Fsp3) is 0.429. The lowest BCUT2D eigenvalue weighted by Crippen LogP contribution is -2.40. The number of likely N-dealkylation sites (N-methyl/N-ethyl adjacent to an activating group) is 1. The second kappa shape index (κ2) is 10.7. The van der Waals surface area contributed by atoms with Crippen LogP contribution >= 0.6 is 0 Å². The Kier molecular flexibility index (Phi) is 7.97. The molecule has 0 spiro atoms. The Labute approximate surface area is 183 Å². The zero-order valence-corrected chi connectivity index (χ0v) is 18.6. The quantitative estimate of drug-likeness (QED) is 0.618. The lowest BCUT2D eigenvalue weighted by Gasteiger charge is -2.26. The van der Waals surface area contributed by atoms with Gasteiger partial charge in [0.2, 0.25) is 15.9 Å². The van der Waals surface area contributed by atoms with E-state index in [-0.39, 0.29) is 17.3 Å². The van der Waals surface area contributed by atoms with Gasteiger partial charge < -0.3 is 14.8 Å². The van der Waals surface area contributed by atoms with Gasteiger partial charge >= 0.3 is 0 Å². The number of amides is 1. The van der Waals surface area contributed by atoms with E-state index in [4.69, 9.17) is 9.47 Å². The molecule has 9 nitrogen and oxygen atoms in total. The maximum Gasteiger partial charge on any atom is 0.243 e. The number of hydrogen-bond acceptors (Lipinski definition) is 7. The number of anilines is 1. The Morgan fingerprint density at radius 1 is 1.19 bits per heavy atom. The third-order valence-electron chi connectivity index (χ3n) is 4.74. The van der Waals surface area contributed by atoms with Gasteiger partial charge in [-0.3, -0.25) is 9.69 Å². The Hall–Kier alpha value is -2.53. The number of aromatic nitrogens is 1. The molecule has 1 aliphatic rings. The standard InChI is InChI=1S/C21H28N4O5S/c1-17-4-3-5-20(22-17)23-21(26)16-24(2)10-15-30-18-6-8-19(9-7-18)31(27,28)25-11-13-29-14-12-25/h3-9H,10-16H2,1-2H3,(H,22,23,26). The molecule has 2 heterocycles. The summed E-state index contributed by atoms with van der Waals surface area (Å²) in [5.74, 6) is 0.947. The molecule has 3 rings (SSSR count). The van der Waals surface area contributed by atoms with Crippen LogP contribution in [0.4, 0.5) is 5.82 Å². The van der Waals surface area contributed by atoms with Crippen LogP contribution < -0.4 is 10.1 Å². The van der Waals surface area contributed by atoms with Crippen molar-refractivity contribution in [2.45, 2.75) is 11.8 Å². The first-order valence-electron chi connectivity index (χ1n) is 10.1. The lowest BCUT2D eigenvalue weighted by atomic mass is 10.3. The number of nitrogens with zero attached hydrogens (tertiary/aromatic N) is 3. The van der Waals surface area contributed by atoms with E-state index in [1.165, 1.54) is 4.31 Å². The summed E-state index contributed by atoms with van der Waals surface area (Å²) in [4.78, 5) is 18.4. The van der Waals surface area contributed by atoms with Gasteiger partial charge in [-0.25, -0.2) is 13.4 Å². The summed E-state index contributed by atoms with van der Waals surface area (Å²) in [7, 11) is -1.69. The average molecular weight is 449 g/mol. The molecule has 1 amide bonds. The summed E-state index contributed by atoms with van der Waals surface area (Å²) in [6.45, 7) is 4.51. The minimum atomic E-state index is -3.51. The minimum Gasteiger partial charge on any atom is -0.492 e. The molecule has 0 bridgehead atoms. The van der Waals surface area contributed by atoms with Crippen LogP contribution in [0.15, 0.2) is 47.4 Å². The maximum absolute atomic E-state index is 12.6. The predicted octanol–water partition coefficient (Wildman–Crippen LogP) is 1.36. The fourth-order valence-electron chi connectivity index (χ4n) is 3.08. The summed E-state index contributed by atoms with van der Waals surface area (Å²) in [5, 5.41) is 2.77. The molecule has 1 fully saturated rings. The molecular formula is C21H28N4O5S. The maximum atomic E-state index is 12.6. The second-order valence-electron chi connectivity index (χ2n) is 7.29. The van der Waals surface area contributed by atoms with E-state index in [0.29, 0.717) is 51.0 Å². The highest BCUT2D eigenvalue weighted by atomic mass is 32.2. The molecule has 1 aromatic carbocycles. The monoisotopic (exact) mass is 448 g/mol. The van der Waals surface area contributed by atoms with E-state index in [2.05, 4.69) is 10.3 Å². The van der Waals surface area contributed by atoms with Crippen molar-refractivity contribution in [3.05, 3.63) is 48.2 Å². The summed E-state index contributed by atoms with van der Waals surface area (Å²) < 4.78 is 37.6. The first-order valence-corrected chi connectivity index (χ1v) is 11.5. The summed E-state index contributed by atoms with van der Waals surface area (Å²) >= 11 is 0. The average Bonchev–Trinajstić information content (AvgIpc) is 2.74. The molecule has 0 unspecified atom stereocenters. The molecular weight excluding hydrogens is 420 g/mol. The second-order valence-corrected chi connectivity index (χ2v) is 9.22. The van der Waals surface area contributed by atoms with Crippen LogP contribution in [-0.4, -0.2) is 81.6 Å². The van der Waals surface area contributed by atoms with Gasteiger partial charge in [-0.1, -0.05) is 6.07 Å². The molecule has 1 aliphatic heterocycles. The van der Waals surface area contributed by atoms with Crippen LogP contribution in [0, 0.1) is 6.92 Å². The van der Waals surface area contributed by atoms with Gasteiger partial charge in [-0.2, -0.15) is 4.31 Å². The molecule has 168 valence electrons. The largest absolute Gasteiger partial charge is 0.492 e. The van der Waals surface area contributed by atoms with Crippen molar-refractivity contribution in [3.63, 3.8) is 0 Å². The zero-order chi connectivity index (χ0) is 22.3. The van der Waals surface area contributed by atoms with E-state index in [9.17, 15) is 13.2 Å². The Balaban J connectivity index is 1.43. The first kappa shape index (κ1) is 23.1. The third kappa shape index (κ3) is 6.73. The highest BCUT2D eigenvalue weighted by molar-refractivity contribution is 7.89. The highest BCUT2D eigenvalue weighted by Gasteiger charge is 2.26.